The molecule has 0 bridgehead atoms. The summed E-state index contributed by atoms with van der Waals surface area (Å²) in [5.74, 6) is -0.662. The van der Waals surface area contributed by atoms with Gasteiger partial charge in [-0.05, 0) is 49.7 Å². The molecule has 2 aromatic rings. The number of amides is 1. The Morgan fingerprint density at radius 1 is 0.806 bits per heavy atom. The van der Waals surface area contributed by atoms with Crippen molar-refractivity contribution in [3.8, 4) is 5.75 Å². The quantitative estimate of drug-likeness (QED) is 0.128. The van der Waals surface area contributed by atoms with E-state index >= 15 is 0 Å². The van der Waals surface area contributed by atoms with Crippen molar-refractivity contribution >= 4 is 23.1 Å². The smallest absolute Gasteiger partial charge is 0.264 e. The van der Waals surface area contributed by atoms with E-state index in [0.29, 0.717) is 23.6 Å². The van der Waals surface area contributed by atoms with E-state index < -0.39 is 5.92 Å². The first kappa shape index (κ1) is 27.6. The molecule has 2 aromatic carbocycles. The zero-order valence-corrected chi connectivity index (χ0v) is 22.1. The minimum Gasteiger partial charge on any atom is -0.494 e. The van der Waals surface area contributed by atoms with Crippen molar-refractivity contribution in [2.45, 2.75) is 90.9 Å². The molecule has 5 nitrogen and oxygen atoms in total. The Kier molecular flexibility index (Phi) is 11.7. The van der Waals surface area contributed by atoms with Crippen LogP contribution in [0.3, 0.4) is 0 Å². The van der Waals surface area contributed by atoms with Crippen LogP contribution in [0.2, 0.25) is 0 Å². The predicted molar refractivity (Wildman–Crippen MR) is 148 cm³/mol. The van der Waals surface area contributed by atoms with Crippen molar-refractivity contribution in [2.75, 3.05) is 11.6 Å². The number of carbonyl (C=O) groups excluding carboxylic acids is 2. The molecule has 0 saturated heterocycles. The molecule has 36 heavy (non-hydrogen) atoms. The monoisotopic (exact) mass is 490 g/mol. The molecule has 1 unspecified atom stereocenters. The second kappa shape index (κ2) is 15.2. The Labute approximate surface area is 216 Å². The molecule has 0 N–H and O–H groups in total. The second-order valence-corrected chi connectivity index (χ2v) is 9.79. The number of unbranched alkanes of at least 4 members (excludes halogenated alkanes) is 11. The maximum Gasteiger partial charge on any atom is 0.264 e. The maximum absolute atomic E-state index is 13.1. The molecule has 0 aromatic heterocycles. The second-order valence-electron chi connectivity index (χ2n) is 9.79. The molecule has 1 amide bonds. The van der Waals surface area contributed by atoms with Crippen LogP contribution >= 0.6 is 0 Å². The van der Waals surface area contributed by atoms with Gasteiger partial charge in [-0.25, -0.2) is 0 Å². The Morgan fingerprint density at radius 2 is 1.36 bits per heavy atom. The van der Waals surface area contributed by atoms with Gasteiger partial charge >= 0.3 is 0 Å². The third-order valence-electron chi connectivity index (χ3n) is 6.80. The number of ether oxygens (including phenoxy) is 1. The van der Waals surface area contributed by atoms with Crippen molar-refractivity contribution in [1.29, 1.82) is 0 Å². The van der Waals surface area contributed by atoms with Crippen LogP contribution in [0.1, 0.15) is 101 Å². The van der Waals surface area contributed by atoms with Gasteiger partial charge in [-0.15, -0.1) is 0 Å². The number of benzene rings is 2. The summed E-state index contributed by atoms with van der Waals surface area (Å²) in [6, 6.07) is 16.3. The molecule has 194 valence electrons. The van der Waals surface area contributed by atoms with Gasteiger partial charge in [-0.2, -0.15) is 10.1 Å². The van der Waals surface area contributed by atoms with Crippen molar-refractivity contribution in [3.63, 3.8) is 0 Å². The average molecular weight is 491 g/mol. The van der Waals surface area contributed by atoms with Gasteiger partial charge in [-0.1, -0.05) is 95.8 Å². The molecule has 0 spiro atoms. The zero-order chi connectivity index (χ0) is 25.6. The molecular formula is C31H42N2O3. The van der Waals surface area contributed by atoms with E-state index in [9.17, 15) is 9.59 Å². The van der Waals surface area contributed by atoms with Gasteiger partial charge in [0.2, 0.25) is 0 Å². The summed E-state index contributed by atoms with van der Waals surface area (Å²) in [7, 11) is 0. The number of hydrazone groups is 1. The normalized spacial score (nSPS) is 15.3. The maximum atomic E-state index is 13.1. The van der Waals surface area contributed by atoms with Crippen LogP contribution in [-0.4, -0.2) is 24.0 Å². The molecule has 5 heteroatoms. The van der Waals surface area contributed by atoms with Crippen LogP contribution in [-0.2, 0) is 4.79 Å². The summed E-state index contributed by atoms with van der Waals surface area (Å²) in [5, 5.41) is 5.66. The van der Waals surface area contributed by atoms with E-state index in [1.54, 1.807) is 19.1 Å². The number of hydrogen-bond donors (Lipinski definition) is 0. The van der Waals surface area contributed by atoms with Gasteiger partial charge in [0.05, 0.1) is 18.0 Å². The number of ketones is 1. The van der Waals surface area contributed by atoms with Crippen molar-refractivity contribution in [1.82, 2.24) is 0 Å². The first-order valence-corrected chi connectivity index (χ1v) is 13.8. The number of anilines is 1. The van der Waals surface area contributed by atoms with Gasteiger partial charge in [0, 0.05) is 5.56 Å². The molecule has 3 rings (SSSR count). The minimum absolute atomic E-state index is 0.229. The average Bonchev–Trinajstić information content (AvgIpc) is 3.20. The van der Waals surface area contributed by atoms with Crippen molar-refractivity contribution in [3.05, 3.63) is 60.2 Å². The summed E-state index contributed by atoms with van der Waals surface area (Å²) in [6.45, 7) is 4.68. The Balaban J connectivity index is 1.32. The van der Waals surface area contributed by atoms with Gasteiger partial charge in [0.15, 0.2) is 5.78 Å². The highest BCUT2D eigenvalue weighted by atomic mass is 16.5. The lowest BCUT2D eigenvalue weighted by atomic mass is 9.93. The zero-order valence-electron chi connectivity index (χ0n) is 22.1. The number of nitrogens with zero attached hydrogens (tertiary/aromatic N) is 2. The molecule has 1 heterocycles. The fraction of sp³-hybridized carbons (Fsp3) is 0.516. The number of Topliss-reactive ketones (excluding diaryl/α,β-unsaturated/α-hetero) is 1. The summed E-state index contributed by atoms with van der Waals surface area (Å²) >= 11 is 0. The van der Waals surface area contributed by atoms with E-state index in [2.05, 4.69) is 12.0 Å². The van der Waals surface area contributed by atoms with Crippen LogP contribution in [0, 0.1) is 5.92 Å². The van der Waals surface area contributed by atoms with Gasteiger partial charge in [-0.3, -0.25) is 9.59 Å². The molecule has 0 saturated carbocycles. The van der Waals surface area contributed by atoms with Crippen LogP contribution in [0.4, 0.5) is 5.69 Å². The van der Waals surface area contributed by atoms with E-state index in [4.69, 9.17) is 4.74 Å². The Hall–Kier alpha value is -2.95. The largest absolute Gasteiger partial charge is 0.494 e. The molecule has 0 radical (unpaired) electrons. The molecule has 0 fully saturated rings. The molecule has 1 aliphatic heterocycles. The van der Waals surface area contributed by atoms with Crippen molar-refractivity contribution in [2.24, 2.45) is 11.0 Å². The van der Waals surface area contributed by atoms with E-state index in [1.807, 2.05) is 42.5 Å². The van der Waals surface area contributed by atoms with Crippen LogP contribution < -0.4 is 9.75 Å². The first-order chi connectivity index (χ1) is 17.6. The number of carbonyl (C=O) groups is 2. The first-order valence-electron chi connectivity index (χ1n) is 13.8. The highest BCUT2D eigenvalue weighted by Crippen LogP contribution is 2.26. The highest BCUT2D eigenvalue weighted by Gasteiger charge is 2.39. The number of rotatable bonds is 17. The highest BCUT2D eigenvalue weighted by molar-refractivity contribution is 6.30. The van der Waals surface area contributed by atoms with E-state index in [0.717, 1.165) is 12.2 Å². The Bertz CT molecular complexity index is 969. The van der Waals surface area contributed by atoms with Crippen LogP contribution in [0.5, 0.6) is 5.75 Å². The lowest BCUT2D eigenvalue weighted by Gasteiger charge is -2.14. The molecule has 0 aliphatic carbocycles. The number of hydrogen-bond acceptors (Lipinski definition) is 4. The molecular weight excluding hydrogens is 448 g/mol. The minimum atomic E-state index is -0.877. The topological polar surface area (TPSA) is 59.0 Å². The fourth-order valence-corrected chi connectivity index (χ4v) is 4.64. The molecule has 1 aliphatic rings. The van der Waals surface area contributed by atoms with Gasteiger partial charge < -0.3 is 4.74 Å². The lowest BCUT2D eigenvalue weighted by molar-refractivity contribution is -0.118. The Morgan fingerprint density at radius 3 is 1.94 bits per heavy atom. The van der Waals surface area contributed by atoms with Crippen LogP contribution in [0.15, 0.2) is 59.7 Å². The number of para-hydroxylation sites is 1. The third kappa shape index (κ3) is 8.32. The summed E-state index contributed by atoms with van der Waals surface area (Å²) in [5.41, 5.74) is 1.68. The van der Waals surface area contributed by atoms with E-state index in [-0.39, 0.29) is 11.7 Å². The van der Waals surface area contributed by atoms with Crippen molar-refractivity contribution < 1.29 is 14.3 Å². The van der Waals surface area contributed by atoms with Gasteiger partial charge in [0.1, 0.15) is 11.7 Å². The summed E-state index contributed by atoms with van der Waals surface area (Å²) in [4.78, 5) is 26.0. The third-order valence-corrected chi connectivity index (χ3v) is 6.80. The lowest BCUT2D eigenvalue weighted by Crippen LogP contribution is -2.32. The SMILES string of the molecule is CCCCCCCCCCCCCCOc1ccc(C(=O)C2C(=O)N(c3ccccc3)N=C2C)cc1. The standard InChI is InChI=1S/C31H42N2O3/c1-3-4-5-6-7-8-9-10-11-12-13-17-24-36-28-22-20-26(21-23-28)30(34)29-25(2)32-33(31(29)35)27-18-15-14-16-19-27/h14-16,18-23,29H,3-13,17,24H2,1-2H3. The van der Waals surface area contributed by atoms with Crippen LogP contribution in [0.25, 0.3) is 0 Å². The predicted octanol–water partition coefficient (Wildman–Crippen LogP) is 7.99. The summed E-state index contributed by atoms with van der Waals surface area (Å²) in [6.07, 6.45) is 15.8. The fourth-order valence-electron chi connectivity index (χ4n) is 4.64. The summed E-state index contributed by atoms with van der Waals surface area (Å²) < 4.78 is 5.87. The van der Waals surface area contributed by atoms with Gasteiger partial charge in [0.25, 0.3) is 5.91 Å². The molecule has 1 atom stereocenters. The van der Waals surface area contributed by atoms with E-state index in [1.165, 1.54) is 75.6 Å².